The number of nitrogens with two attached hydrogens (primary N) is 2. The van der Waals surface area contributed by atoms with Crippen molar-refractivity contribution in [2.45, 2.75) is 25.7 Å². The second-order valence-electron chi connectivity index (χ2n) is 4.89. The highest BCUT2D eigenvalue weighted by molar-refractivity contribution is 9.10. The van der Waals surface area contributed by atoms with Gasteiger partial charge in [-0.2, -0.15) is 0 Å². The first-order valence-corrected chi connectivity index (χ1v) is 7.15. The lowest BCUT2D eigenvalue weighted by Gasteiger charge is -2.19. The van der Waals surface area contributed by atoms with E-state index in [1.54, 1.807) is 0 Å². The Balaban J connectivity index is 2.38. The van der Waals surface area contributed by atoms with Crippen molar-refractivity contribution in [3.63, 3.8) is 0 Å². The number of halogens is 1. The Kier molecular flexibility index (Phi) is 4.52. The molecule has 0 aliphatic carbocycles. The van der Waals surface area contributed by atoms with Gasteiger partial charge in [-0.15, -0.1) is 0 Å². The number of rotatable bonds is 4. The van der Waals surface area contributed by atoms with Gasteiger partial charge in [0.25, 0.3) is 0 Å². The monoisotopic (exact) mass is 342 g/mol. The summed E-state index contributed by atoms with van der Waals surface area (Å²) < 4.78 is 8.38. The van der Waals surface area contributed by atoms with Gasteiger partial charge < -0.3 is 25.9 Å². The zero-order valence-electron chi connectivity index (χ0n) is 11.3. The zero-order valence-corrected chi connectivity index (χ0v) is 12.9. The molecule has 6 nitrogen and oxygen atoms in total. The predicted octanol–water partition coefficient (Wildman–Crippen LogP) is 1.60. The molecular weight excluding hydrogens is 324 g/mol. The molecule has 0 unspecified atom stereocenters. The minimum Gasteiger partial charge on any atom is -0.394 e. The molecule has 0 aromatic carbocycles. The fraction of sp³-hybridized carbons (Fsp3) is 0.462. The molecule has 0 spiro atoms. The Morgan fingerprint density at radius 1 is 1.75 bits per heavy atom. The number of hydrogen-bond acceptors (Lipinski definition) is 4. The summed E-state index contributed by atoms with van der Waals surface area (Å²) in [6, 6.07) is 0. The van der Waals surface area contributed by atoms with Crippen molar-refractivity contribution in [1.82, 2.24) is 4.57 Å². The van der Waals surface area contributed by atoms with E-state index in [0.717, 1.165) is 10.9 Å². The molecule has 1 aromatic heterocycles. The lowest BCUT2D eigenvalue weighted by Crippen LogP contribution is -2.19. The SMILES string of the molecule is C=CN=C(N)c1c(Br)cn([C@H]2O[C@H](CO)C[C@@H]2C)c1N. The highest BCUT2D eigenvalue weighted by Gasteiger charge is 2.34. The fourth-order valence-electron chi connectivity index (χ4n) is 2.51. The summed E-state index contributed by atoms with van der Waals surface area (Å²) in [5.74, 6) is 1.03. The van der Waals surface area contributed by atoms with E-state index in [1.165, 1.54) is 6.20 Å². The maximum absolute atomic E-state index is 9.21. The van der Waals surface area contributed by atoms with Gasteiger partial charge in [-0.3, -0.25) is 0 Å². The van der Waals surface area contributed by atoms with Crippen LogP contribution in [-0.2, 0) is 4.74 Å². The van der Waals surface area contributed by atoms with Crippen molar-refractivity contribution < 1.29 is 9.84 Å². The first-order chi connectivity index (χ1) is 9.49. The summed E-state index contributed by atoms with van der Waals surface area (Å²) in [7, 11) is 0. The third-order valence-electron chi connectivity index (χ3n) is 3.44. The molecule has 7 heteroatoms. The van der Waals surface area contributed by atoms with Crippen molar-refractivity contribution in [2.75, 3.05) is 12.3 Å². The van der Waals surface area contributed by atoms with E-state index in [-0.39, 0.29) is 24.9 Å². The van der Waals surface area contributed by atoms with Crippen LogP contribution in [0.4, 0.5) is 5.82 Å². The van der Waals surface area contributed by atoms with Crippen LogP contribution in [0.1, 0.15) is 25.1 Å². The average molecular weight is 343 g/mol. The Hall–Kier alpha value is -1.31. The van der Waals surface area contributed by atoms with Crippen LogP contribution in [0, 0.1) is 5.92 Å². The normalized spacial score (nSPS) is 26.9. The Morgan fingerprint density at radius 3 is 3.00 bits per heavy atom. The number of nitrogens with zero attached hydrogens (tertiary/aromatic N) is 2. The second-order valence-corrected chi connectivity index (χ2v) is 5.74. The summed E-state index contributed by atoms with van der Waals surface area (Å²) in [5, 5.41) is 9.21. The number of hydrogen-bond donors (Lipinski definition) is 3. The first-order valence-electron chi connectivity index (χ1n) is 6.36. The number of anilines is 1. The zero-order chi connectivity index (χ0) is 14.9. The summed E-state index contributed by atoms with van der Waals surface area (Å²) >= 11 is 3.44. The average Bonchev–Trinajstić information content (AvgIpc) is 2.90. The highest BCUT2D eigenvalue weighted by atomic mass is 79.9. The van der Waals surface area contributed by atoms with Crippen LogP contribution in [0.3, 0.4) is 0 Å². The molecule has 3 atom stereocenters. The summed E-state index contributed by atoms with van der Waals surface area (Å²) in [5.41, 5.74) is 12.7. The van der Waals surface area contributed by atoms with Crippen molar-refractivity contribution in [1.29, 1.82) is 0 Å². The van der Waals surface area contributed by atoms with Crippen molar-refractivity contribution in [3.8, 4) is 0 Å². The van der Waals surface area contributed by atoms with Crippen molar-refractivity contribution in [3.05, 3.63) is 29.0 Å². The van der Waals surface area contributed by atoms with E-state index >= 15 is 0 Å². The summed E-state index contributed by atoms with van der Waals surface area (Å²) in [6.45, 7) is 5.59. The summed E-state index contributed by atoms with van der Waals surface area (Å²) in [6.07, 6.45) is 3.63. The van der Waals surface area contributed by atoms with Gasteiger partial charge in [0, 0.05) is 22.8 Å². The minimum absolute atomic E-state index is 0.0100. The molecule has 2 rings (SSSR count). The molecule has 0 amide bonds. The van der Waals surface area contributed by atoms with Crippen LogP contribution in [0.15, 0.2) is 28.4 Å². The number of aliphatic imine (C=N–C) groups is 1. The van der Waals surface area contributed by atoms with E-state index in [1.807, 2.05) is 10.8 Å². The third-order valence-corrected chi connectivity index (χ3v) is 4.04. The molecule has 2 heterocycles. The smallest absolute Gasteiger partial charge is 0.138 e. The molecule has 110 valence electrons. The van der Waals surface area contributed by atoms with Crippen LogP contribution in [0.5, 0.6) is 0 Å². The number of ether oxygens (including phenoxy) is 1. The van der Waals surface area contributed by atoms with E-state index < -0.39 is 0 Å². The van der Waals surface area contributed by atoms with Gasteiger partial charge in [-0.1, -0.05) is 13.5 Å². The molecule has 0 radical (unpaired) electrons. The van der Waals surface area contributed by atoms with Crippen LogP contribution < -0.4 is 11.5 Å². The topological polar surface area (TPSA) is 98.8 Å². The molecule has 1 aliphatic heterocycles. The summed E-state index contributed by atoms with van der Waals surface area (Å²) in [4.78, 5) is 3.96. The van der Waals surface area contributed by atoms with Gasteiger partial charge in [0.15, 0.2) is 0 Å². The first kappa shape index (κ1) is 15.1. The van der Waals surface area contributed by atoms with Gasteiger partial charge in [0.1, 0.15) is 17.9 Å². The van der Waals surface area contributed by atoms with Gasteiger partial charge in [-0.05, 0) is 22.4 Å². The number of nitrogen functional groups attached to an aromatic ring is 1. The Labute approximate surface area is 126 Å². The predicted molar refractivity (Wildman–Crippen MR) is 82.2 cm³/mol. The number of aromatic nitrogens is 1. The van der Waals surface area contributed by atoms with Gasteiger partial charge >= 0.3 is 0 Å². The van der Waals surface area contributed by atoms with Gasteiger partial charge in [-0.25, -0.2) is 4.99 Å². The fourth-order valence-corrected chi connectivity index (χ4v) is 3.14. The molecule has 0 saturated carbocycles. The van der Waals surface area contributed by atoms with Crippen molar-refractivity contribution >= 4 is 27.6 Å². The molecule has 0 bridgehead atoms. The van der Waals surface area contributed by atoms with E-state index in [9.17, 15) is 5.11 Å². The molecule has 1 aliphatic rings. The van der Waals surface area contributed by atoms with Gasteiger partial charge in [0.05, 0.1) is 18.3 Å². The lowest BCUT2D eigenvalue weighted by molar-refractivity contribution is -0.0299. The van der Waals surface area contributed by atoms with Crippen LogP contribution in [0.25, 0.3) is 0 Å². The number of amidine groups is 1. The highest BCUT2D eigenvalue weighted by Crippen LogP contribution is 2.38. The number of aliphatic hydroxyl groups is 1. The largest absolute Gasteiger partial charge is 0.394 e. The van der Waals surface area contributed by atoms with Crippen molar-refractivity contribution in [2.24, 2.45) is 16.6 Å². The van der Waals surface area contributed by atoms with Crippen LogP contribution >= 0.6 is 15.9 Å². The quantitative estimate of drug-likeness (QED) is 0.571. The van der Waals surface area contributed by atoms with Crippen LogP contribution in [0.2, 0.25) is 0 Å². The lowest BCUT2D eigenvalue weighted by atomic mass is 10.1. The maximum atomic E-state index is 9.21. The molecule has 1 saturated heterocycles. The molecular formula is C13H19BrN4O2. The molecule has 1 fully saturated rings. The molecule has 1 aromatic rings. The maximum Gasteiger partial charge on any atom is 0.138 e. The van der Waals surface area contributed by atoms with E-state index in [2.05, 4.69) is 34.4 Å². The Morgan fingerprint density at radius 2 is 2.45 bits per heavy atom. The van der Waals surface area contributed by atoms with E-state index in [4.69, 9.17) is 16.2 Å². The standard InChI is InChI=1S/C13H19BrN4O2/c1-3-17-11(15)10-9(14)5-18(12(10)16)13-7(2)4-8(6-19)20-13/h3,5,7-8,13,19H,1,4,6,16H2,2H3,(H2,15,17)/t7-,8-,13-/m0/s1. The van der Waals surface area contributed by atoms with Crippen LogP contribution in [-0.4, -0.2) is 28.2 Å². The second kappa shape index (κ2) is 5.99. The number of aliphatic hydroxyl groups excluding tert-OH is 1. The molecule has 20 heavy (non-hydrogen) atoms. The molecule has 5 N–H and O–H groups in total. The third kappa shape index (κ3) is 2.61. The van der Waals surface area contributed by atoms with E-state index in [0.29, 0.717) is 17.2 Å². The van der Waals surface area contributed by atoms with Gasteiger partial charge in [0.2, 0.25) is 0 Å². The minimum atomic E-state index is -0.214. The Bertz CT molecular complexity index is 541.